The van der Waals surface area contributed by atoms with Crippen molar-refractivity contribution in [1.29, 1.82) is 0 Å². The summed E-state index contributed by atoms with van der Waals surface area (Å²) in [5.74, 6) is 0.204. The molecule has 1 fully saturated rings. The summed E-state index contributed by atoms with van der Waals surface area (Å²) in [4.78, 5) is 20.0. The van der Waals surface area contributed by atoms with E-state index in [1.165, 1.54) is 0 Å². The SMILES string of the molecule is O=C1CCCN1.O=CC(O)C(O)C(O)C(O)CO. The van der Waals surface area contributed by atoms with E-state index in [1.807, 2.05) is 0 Å². The van der Waals surface area contributed by atoms with Crippen LogP contribution in [0, 0.1) is 0 Å². The molecular formula is C10H19NO7. The Morgan fingerprint density at radius 2 is 1.83 bits per heavy atom. The van der Waals surface area contributed by atoms with E-state index in [1.54, 1.807) is 0 Å². The van der Waals surface area contributed by atoms with Gasteiger partial charge >= 0.3 is 0 Å². The van der Waals surface area contributed by atoms with Crippen LogP contribution >= 0.6 is 0 Å². The highest BCUT2D eigenvalue weighted by Gasteiger charge is 2.29. The predicted molar refractivity (Wildman–Crippen MR) is 59.4 cm³/mol. The fraction of sp³-hybridized carbons (Fsp3) is 0.800. The third-order valence-corrected chi connectivity index (χ3v) is 2.32. The van der Waals surface area contributed by atoms with Gasteiger partial charge in [0.25, 0.3) is 0 Å². The van der Waals surface area contributed by atoms with Crippen LogP contribution in [0.3, 0.4) is 0 Å². The van der Waals surface area contributed by atoms with Gasteiger partial charge < -0.3 is 35.6 Å². The Kier molecular flexibility index (Phi) is 8.42. The van der Waals surface area contributed by atoms with E-state index >= 15 is 0 Å². The lowest BCUT2D eigenvalue weighted by Gasteiger charge is -2.22. The van der Waals surface area contributed by atoms with Crippen LogP contribution in [0.2, 0.25) is 0 Å². The number of amides is 1. The van der Waals surface area contributed by atoms with E-state index in [9.17, 15) is 9.59 Å². The smallest absolute Gasteiger partial charge is 0.220 e. The maximum atomic E-state index is 10.1. The fourth-order valence-corrected chi connectivity index (χ4v) is 1.18. The molecule has 0 saturated carbocycles. The lowest BCUT2D eigenvalue weighted by molar-refractivity contribution is -0.136. The first kappa shape index (κ1) is 16.9. The molecule has 1 amide bonds. The lowest BCUT2D eigenvalue weighted by Crippen LogP contribution is -2.46. The third-order valence-electron chi connectivity index (χ3n) is 2.32. The number of hydrogen-bond acceptors (Lipinski definition) is 7. The zero-order valence-electron chi connectivity index (χ0n) is 9.77. The largest absolute Gasteiger partial charge is 0.394 e. The zero-order chi connectivity index (χ0) is 14.1. The molecule has 0 radical (unpaired) electrons. The molecule has 8 heteroatoms. The van der Waals surface area contributed by atoms with Crippen LogP contribution in [0.5, 0.6) is 0 Å². The Morgan fingerprint density at radius 1 is 1.22 bits per heavy atom. The Hall–Kier alpha value is -1.06. The summed E-state index contributed by atoms with van der Waals surface area (Å²) < 4.78 is 0. The number of aliphatic hydroxyl groups excluding tert-OH is 5. The molecule has 4 atom stereocenters. The number of carbonyl (C=O) groups is 2. The molecule has 4 unspecified atom stereocenters. The summed E-state index contributed by atoms with van der Waals surface area (Å²) in [7, 11) is 0. The zero-order valence-corrected chi connectivity index (χ0v) is 9.77. The molecule has 0 aliphatic carbocycles. The molecule has 0 aromatic rings. The molecule has 0 spiro atoms. The van der Waals surface area contributed by atoms with Gasteiger partial charge in [-0.1, -0.05) is 0 Å². The van der Waals surface area contributed by atoms with E-state index < -0.39 is 31.0 Å². The fourth-order valence-electron chi connectivity index (χ4n) is 1.18. The van der Waals surface area contributed by atoms with E-state index in [-0.39, 0.29) is 12.2 Å². The third kappa shape index (κ3) is 6.03. The second kappa shape index (κ2) is 8.95. The molecule has 0 aromatic heterocycles. The van der Waals surface area contributed by atoms with Gasteiger partial charge in [0.15, 0.2) is 6.29 Å². The Morgan fingerprint density at radius 3 is 2.11 bits per heavy atom. The van der Waals surface area contributed by atoms with Gasteiger partial charge in [-0.25, -0.2) is 0 Å². The van der Waals surface area contributed by atoms with Gasteiger partial charge in [-0.05, 0) is 6.42 Å². The number of rotatable bonds is 5. The summed E-state index contributed by atoms with van der Waals surface area (Å²) >= 11 is 0. The molecule has 106 valence electrons. The van der Waals surface area contributed by atoms with Crippen molar-refractivity contribution < 1.29 is 35.1 Å². The average Bonchev–Trinajstić information content (AvgIpc) is 2.86. The normalized spacial score (nSPS) is 21.1. The van der Waals surface area contributed by atoms with Crippen LogP contribution in [0.15, 0.2) is 0 Å². The summed E-state index contributed by atoms with van der Waals surface area (Å²) in [6.45, 7) is 0.128. The molecule has 0 aromatic carbocycles. The maximum Gasteiger partial charge on any atom is 0.220 e. The van der Waals surface area contributed by atoms with Crippen molar-refractivity contribution in [1.82, 2.24) is 5.32 Å². The summed E-state index contributed by atoms with van der Waals surface area (Å²) in [6.07, 6.45) is -5.08. The van der Waals surface area contributed by atoms with Gasteiger partial charge in [-0.15, -0.1) is 0 Å². The van der Waals surface area contributed by atoms with Crippen molar-refractivity contribution in [3.63, 3.8) is 0 Å². The summed E-state index contributed by atoms with van der Waals surface area (Å²) in [5.41, 5.74) is 0. The number of carbonyl (C=O) groups excluding carboxylic acids is 2. The second-order valence-corrected chi connectivity index (χ2v) is 3.81. The maximum absolute atomic E-state index is 10.1. The minimum absolute atomic E-state index is 0.0258. The number of aliphatic hydroxyl groups is 5. The molecule has 6 N–H and O–H groups in total. The Balaban J connectivity index is 0.000000397. The standard InChI is InChI=1S/C6H12O6.C4H7NO/c7-1-3(9)5(11)6(12)4(10)2-8;6-4-2-1-3-5-4/h1,3-6,8-12H,2H2;1-3H2,(H,5,6). The highest BCUT2D eigenvalue weighted by molar-refractivity contribution is 5.77. The van der Waals surface area contributed by atoms with E-state index in [0.717, 1.165) is 19.4 Å². The van der Waals surface area contributed by atoms with Crippen molar-refractivity contribution >= 4 is 12.2 Å². The second-order valence-electron chi connectivity index (χ2n) is 3.81. The molecule has 1 aliphatic heterocycles. The van der Waals surface area contributed by atoms with Crippen LogP contribution in [-0.2, 0) is 9.59 Å². The van der Waals surface area contributed by atoms with Crippen LogP contribution in [0.25, 0.3) is 0 Å². The quantitative estimate of drug-likeness (QED) is 0.283. The highest BCUT2D eigenvalue weighted by Crippen LogP contribution is 2.02. The van der Waals surface area contributed by atoms with Gasteiger partial charge in [0.2, 0.25) is 5.91 Å². The topological polar surface area (TPSA) is 147 Å². The molecule has 1 rings (SSSR count). The van der Waals surface area contributed by atoms with Crippen molar-refractivity contribution in [3.8, 4) is 0 Å². The van der Waals surface area contributed by atoms with Gasteiger partial charge in [0, 0.05) is 13.0 Å². The van der Waals surface area contributed by atoms with Gasteiger partial charge in [0.05, 0.1) is 6.61 Å². The summed E-state index contributed by atoms with van der Waals surface area (Å²) in [5, 5.41) is 46.2. The van der Waals surface area contributed by atoms with E-state index in [0.29, 0.717) is 0 Å². The van der Waals surface area contributed by atoms with Gasteiger partial charge in [-0.2, -0.15) is 0 Å². The van der Waals surface area contributed by atoms with E-state index in [4.69, 9.17) is 25.5 Å². The molecule has 18 heavy (non-hydrogen) atoms. The molecule has 1 saturated heterocycles. The predicted octanol–water partition coefficient (Wildman–Crippen LogP) is -3.48. The first-order valence-corrected chi connectivity index (χ1v) is 5.49. The Labute approximate surface area is 104 Å². The highest BCUT2D eigenvalue weighted by atomic mass is 16.4. The van der Waals surface area contributed by atoms with Crippen LogP contribution in [0.4, 0.5) is 0 Å². The monoisotopic (exact) mass is 265 g/mol. The molecule has 1 aliphatic rings. The van der Waals surface area contributed by atoms with Crippen LogP contribution < -0.4 is 5.32 Å². The van der Waals surface area contributed by atoms with Gasteiger partial charge in [0.1, 0.15) is 24.4 Å². The number of nitrogens with one attached hydrogen (secondary N) is 1. The summed E-state index contributed by atoms with van der Waals surface area (Å²) in [6, 6.07) is 0. The molecule has 1 heterocycles. The van der Waals surface area contributed by atoms with Crippen molar-refractivity contribution in [2.45, 2.75) is 37.3 Å². The molecule has 0 bridgehead atoms. The van der Waals surface area contributed by atoms with Gasteiger partial charge in [-0.3, -0.25) is 4.79 Å². The van der Waals surface area contributed by atoms with Crippen molar-refractivity contribution in [2.75, 3.05) is 13.2 Å². The lowest BCUT2D eigenvalue weighted by atomic mass is 10.0. The van der Waals surface area contributed by atoms with Crippen molar-refractivity contribution in [2.24, 2.45) is 0 Å². The van der Waals surface area contributed by atoms with Crippen LogP contribution in [-0.4, -0.2) is 75.3 Å². The molecule has 8 nitrogen and oxygen atoms in total. The molecular weight excluding hydrogens is 246 g/mol. The average molecular weight is 265 g/mol. The minimum atomic E-state index is -1.79. The first-order valence-electron chi connectivity index (χ1n) is 5.49. The number of aldehydes is 1. The Bertz CT molecular complexity index is 253. The van der Waals surface area contributed by atoms with Crippen LogP contribution in [0.1, 0.15) is 12.8 Å². The minimum Gasteiger partial charge on any atom is -0.394 e. The van der Waals surface area contributed by atoms with E-state index in [2.05, 4.69) is 5.32 Å². The number of hydrogen-bond donors (Lipinski definition) is 6. The first-order chi connectivity index (χ1) is 8.43. The van der Waals surface area contributed by atoms with Crippen molar-refractivity contribution in [3.05, 3.63) is 0 Å².